The second-order valence-corrected chi connectivity index (χ2v) is 7.56. The highest BCUT2D eigenvalue weighted by Crippen LogP contribution is 2.21. The molecule has 0 saturated carbocycles. The van der Waals surface area contributed by atoms with Gasteiger partial charge in [-0.15, -0.1) is 0 Å². The van der Waals surface area contributed by atoms with E-state index in [1.54, 1.807) is 6.20 Å². The van der Waals surface area contributed by atoms with Crippen molar-refractivity contribution in [3.05, 3.63) is 48.4 Å². The fourth-order valence-electron chi connectivity index (χ4n) is 2.81. The lowest BCUT2D eigenvalue weighted by atomic mass is 9.96. The number of halogens is 1. The highest BCUT2D eigenvalue weighted by atomic mass is 19.1. The van der Waals surface area contributed by atoms with Crippen LogP contribution in [0.2, 0.25) is 0 Å². The molecule has 1 amide bonds. The smallest absolute Gasteiger partial charge is 0.229 e. The molecule has 2 heterocycles. The zero-order valence-electron chi connectivity index (χ0n) is 15.5. The number of piperazine rings is 1. The van der Waals surface area contributed by atoms with Gasteiger partial charge >= 0.3 is 0 Å². The molecule has 0 atom stereocenters. The van der Waals surface area contributed by atoms with Crippen molar-refractivity contribution in [3.8, 4) is 0 Å². The summed E-state index contributed by atoms with van der Waals surface area (Å²) in [4.78, 5) is 21.0. The third kappa shape index (κ3) is 4.31. The lowest BCUT2D eigenvalue weighted by molar-refractivity contribution is -0.123. The van der Waals surface area contributed by atoms with Gasteiger partial charge in [0, 0.05) is 37.3 Å². The molecule has 1 aromatic carbocycles. The lowest BCUT2D eigenvalue weighted by Crippen LogP contribution is -2.46. The predicted molar refractivity (Wildman–Crippen MR) is 103 cm³/mol. The number of carbonyl (C=O) groups excluding carboxylic acids is 1. The summed E-state index contributed by atoms with van der Waals surface area (Å²) < 4.78 is 13.1. The summed E-state index contributed by atoms with van der Waals surface area (Å²) in [5.41, 5.74) is 1.31. The van der Waals surface area contributed by atoms with Crippen LogP contribution in [0, 0.1) is 11.2 Å². The summed E-state index contributed by atoms with van der Waals surface area (Å²) >= 11 is 0. The highest BCUT2D eigenvalue weighted by Gasteiger charge is 2.22. The molecule has 0 bridgehead atoms. The van der Waals surface area contributed by atoms with Crippen LogP contribution in [0.1, 0.15) is 20.8 Å². The van der Waals surface area contributed by atoms with Crippen LogP contribution in [-0.4, -0.2) is 37.1 Å². The molecule has 0 aliphatic carbocycles. The first-order valence-electron chi connectivity index (χ1n) is 8.86. The number of hydrogen-bond donors (Lipinski definition) is 1. The average molecular weight is 356 g/mol. The predicted octanol–water partition coefficient (Wildman–Crippen LogP) is 3.53. The monoisotopic (exact) mass is 356 g/mol. The van der Waals surface area contributed by atoms with Crippen molar-refractivity contribution < 1.29 is 9.18 Å². The molecular weight excluding hydrogens is 331 g/mol. The molecule has 3 rings (SSSR count). The molecular formula is C20H25FN4O. The van der Waals surface area contributed by atoms with E-state index in [0.29, 0.717) is 5.69 Å². The first-order valence-corrected chi connectivity index (χ1v) is 8.86. The maximum absolute atomic E-state index is 13.1. The quantitative estimate of drug-likeness (QED) is 0.914. The molecule has 2 aromatic rings. The third-order valence-corrected chi connectivity index (χ3v) is 4.48. The van der Waals surface area contributed by atoms with Gasteiger partial charge in [0.05, 0.1) is 11.9 Å². The Morgan fingerprint density at radius 1 is 1.00 bits per heavy atom. The minimum atomic E-state index is -0.435. The Morgan fingerprint density at radius 2 is 1.62 bits per heavy atom. The van der Waals surface area contributed by atoms with Crippen LogP contribution in [-0.2, 0) is 4.79 Å². The number of pyridine rings is 1. The first-order chi connectivity index (χ1) is 12.3. The van der Waals surface area contributed by atoms with Gasteiger partial charge in [0.15, 0.2) is 0 Å². The Bertz CT molecular complexity index is 745. The number of hydrogen-bond acceptors (Lipinski definition) is 4. The van der Waals surface area contributed by atoms with E-state index in [1.165, 1.54) is 12.1 Å². The molecule has 0 unspecified atom stereocenters. The van der Waals surface area contributed by atoms with E-state index in [4.69, 9.17) is 0 Å². The summed E-state index contributed by atoms with van der Waals surface area (Å²) in [5.74, 6) is 0.660. The van der Waals surface area contributed by atoms with E-state index in [1.807, 2.05) is 45.0 Å². The van der Waals surface area contributed by atoms with Crippen LogP contribution >= 0.6 is 0 Å². The SMILES string of the molecule is CC(C)(C)C(=O)Nc1ccc(N2CCN(c3ccc(F)cc3)CC2)nc1. The van der Waals surface area contributed by atoms with Crippen molar-refractivity contribution in [3.63, 3.8) is 0 Å². The number of nitrogens with zero attached hydrogens (tertiary/aromatic N) is 3. The number of nitrogens with one attached hydrogen (secondary N) is 1. The number of rotatable bonds is 3. The largest absolute Gasteiger partial charge is 0.368 e. The molecule has 1 aliphatic rings. The molecule has 26 heavy (non-hydrogen) atoms. The van der Waals surface area contributed by atoms with Crippen molar-refractivity contribution in [2.75, 3.05) is 41.3 Å². The van der Waals surface area contributed by atoms with Crippen LogP contribution in [0.5, 0.6) is 0 Å². The zero-order chi connectivity index (χ0) is 18.7. The second-order valence-electron chi connectivity index (χ2n) is 7.56. The van der Waals surface area contributed by atoms with Crippen molar-refractivity contribution in [1.29, 1.82) is 0 Å². The molecule has 1 fully saturated rings. The zero-order valence-corrected chi connectivity index (χ0v) is 15.5. The van der Waals surface area contributed by atoms with Crippen molar-refractivity contribution in [1.82, 2.24) is 4.98 Å². The summed E-state index contributed by atoms with van der Waals surface area (Å²) in [7, 11) is 0. The fraction of sp³-hybridized carbons (Fsp3) is 0.400. The van der Waals surface area contributed by atoms with E-state index < -0.39 is 5.41 Å². The van der Waals surface area contributed by atoms with Gasteiger partial charge in [0.1, 0.15) is 11.6 Å². The van der Waals surface area contributed by atoms with Crippen molar-refractivity contribution in [2.45, 2.75) is 20.8 Å². The summed E-state index contributed by atoms with van der Waals surface area (Å²) in [6, 6.07) is 10.4. The van der Waals surface area contributed by atoms with Gasteiger partial charge in [0.25, 0.3) is 0 Å². The van der Waals surface area contributed by atoms with Crippen molar-refractivity contribution in [2.24, 2.45) is 5.41 Å². The van der Waals surface area contributed by atoms with E-state index in [2.05, 4.69) is 20.1 Å². The Hall–Kier alpha value is -2.63. The Labute approximate surface area is 153 Å². The molecule has 0 spiro atoms. The molecule has 1 aliphatic heterocycles. The number of anilines is 3. The molecule has 1 aromatic heterocycles. The number of benzene rings is 1. The number of carbonyl (C=O) groups is 1. The van der Waals surface area contributed by atoms with E-state index in [9.17, 15) is 9.18 Å². The average Bonchev–Trinajstić information content (AvgIpc) is 2.62. The van der Waals surface area contributed by atoms with Crippen molar-refractivity contribution >= 4 is 23.1 Å². The van der Waals surface area contributed by atoms with Gasteiger partial charge in [-0.25, -0.2) is 9.37 Å². The Kier molecular flexibility index (Phi) is 5.11. The summed E-state index contributed by atoms with van der Waals surface area (Å²) in [5, 5.41) is 2.89. The molecule has 6 heteroatoms. The van der Waals surface area contributed by atoms with Crippen LogP contribution in [0.4, 0.5) is 21.6 Å². The molecule has 138 valence electrons. The van der Waals surface area contributed by atoms with Crippen LogP contribution in [0.15, 0.2) is 42.6 Å². The molecule has 0 radical (unpaired) electrons. The van der Waals surface area contributed by atoms with E-state index in [-0.39, 0.29) is 11.7 Å². The lowest BCUT2D eigenvalue weighted by Gasteiger charge is -2.36. The number of amides is 1. The van der Waals surface area contributed by atoms with Crippen LogP contribution < -0.4 is 15.1 Å². The topological polar surface area (TPSA) is 48.5 Å². The van der Waals surface area contributed by atoms with E-state index >= 15 is 0 Å². The number of aromatic nitrogens is 1. The Morgan fingerprint density at radius 3 is 2.15 bits per heavy atom. The van der Waals surface area contributed by atoms with Gasteiger partial charge in [-0.1, -0.05) is 20.8 Å². The summed E-state index contributed by atoms with van der Waals surface area (Å²) in [6.45, 7) is 9.04. The first kappa shape index (κ1) is 18.2. The normalized spacial score (nSPS) is 15.1. The van der Waals surface area contributed by atoms with Gasteiger partial charge in [-0.2, -0.15) is 0 Å². The standard InChI is InChI=1S/C20H25FN4O/c1-20(2,3)19(26)23-16-6-9-18(22-14-16)25-12-10-24(11-13-25)17-7-4-15(21)5-8-17/h4-9,14H,10-13H2,1-3H3,(H,23,26). The van der Waals surface area contributed by atoms with Gasteiger partial charge < -0.3 is 15.1 Å². The van der Waals surface area contributed by atoms with Gasteiger partial charge in [-0.3, -0.25) is 4.79 Å². The third-order valence-electron chi connectivity index (χ3n) is 4.48. The Balaban J connectivity index is 1.58. The molecule has 5 nitrogen and oxygen atoms in total. The highest BCUT2D eigenvalue weighted by molar-refractivity contribution is 5.94. The minimum Gasteiger partial charge on any atom is -0.368 e. The second kappa shape index (κ2) is 7.32. The molecule has 1 N–H and O–H groups in total. The molecule has 1 saturated heterocycles. The fourth-order valence-corrected chi connectivity index (χ4v) is 2.81. The maximum atomic E-state index is 13.1. The maximum Gasteiger partial charge on any atom is 0.229 e. The van der Waals surface area contributed by atoms with Gasteiger partial charge in [0.2, 0.25) is 5.91 Å². The van der Waals surface area contributed by atoms with Crippen LogP contribution in [0.25, 0.3) is 0 Å². The minimum absolute atomic E-state index is 0.0278. The van der Waals surface area contributed by atoms with Crippen LogP contribution in [0.3, 0.4) is 0 Å². The summed E-state index contributed by atoms with van der Waals surface area (Å²) in [6.07, 6.45) is 1.70. The van der Waals surface area contributed by atoms with Gasteiger partial charge in [-0.05, 0) is 36.4 Å². The van der Waals surface area contributed by atoms with E-state index in [0.717, 1.165) is 37.7 Å².